The molecule has 0 saturated carbocycles. The molecule has 0 aliphatic rings. The van der Waals surface area contributed by atoms with Crippen molar-refractivity contribution in [3.05, 3.63) is 16.2 Å². The molecule has 1 unspecified atom stereocenters. The number of rotatable bonds is 8. The lowest BCUT2D eigenvalue weighted by Crippen LogP contribution is -2.30. The van der Waals surface area contributed by atoms with Crippen molar-refractivity contribution in [3.8, 4) is 0 Å². The molecular formula is C13H22N4O4. The van der Waals surface area contributed by atoms with E-state index in [9.17, 15) is 14.4 Å². The molecule has 1 heterocycles. The number of imidazole rings is 1. The van der Waals surface area contributed by atoms with Crippen LogP contribution in [0.1, 0.15) is 36.7 Å². The molecule has 0 fully saturated rings. The Hall–Kier alpha value is -2.09. The molecule has 8 nitrogen and oxygen atoms in total. The van der Waals surface area contributed by atoms with E-state index in [1.807, 2.05) is 0 Å². The van der Waals surface area contributed by atoms with Crippen LogP contribution in [0.3, 0.4) is 0 Å². The molecule has 1 rings (SSSR count). The maximum atomic E-state index is 12.3. The number of unbranched alkanes of at least 4 members (excludes halogenated alkanes) is 1. The van der Waals surface area contributed by atoms with Crippen molar-refractivity contribution in [2.24, 2.45) is 0 Å². The number of H-pyrrole nitrogens is 2. The number of hydrogen-bond donors (Lipinski definition) is 3. The minimum Gasteiger partial charge on any atom is -0.393 e. The van der Waals surface area contributed by atoms with Gasteiger partial charge in [-0.2, -0.15) is 0 Å². The minimum atomic E-state index is -0.537. The Labute approximate surface area is 122 Å². The summed E-state index contributed by atoms with van der Waals surface area (Å²) in [4.78, 5) is 41.8. The second-order valence-electron chi connectivity index (χ2n) is 5.09. The fourth-order valence-corrected chi connectivity index (χ4v) is 1.93. The van der Waals surface area contributed by atoms with Crippen LogP contribution < -0.4 is 10.6 Å². The van der Waals surface area contributed by atoms with E-state index in [0.29, 0.717) is 19.4 Å². The predicted octanol–water partition coefficient (Wildman–Crippen LogP) is -0.0813. The van der Waals surface area contributed by atoms with Gasteiger partial charge in [-0.05, 0) is 26.2 Å². The summed E-state index contributed by atoms with van der Waals surface area (Å²) in [5.74, 6) is -0.218. The first-order valence-corrected chi connectivity index (χ1v) is 6.80. The highest BCUT2D eigenvalue weighted by atomic mass is 16.3. The van der Waals surface area contributed by atoms with Crippen LogP contribution in [-0.4, -0.2) is 59.0 Å². The van der Waals surface area contributed by atoms with Gasteiger partial charge in [0.05, 0.1) is 6.10 Å². The summed E-state index contributed by atoms with van der Waals surface area (Å²) in [5, 5.41) is 9.17. The van der Waals surface area contributed by atoms with E-state index in [-0.39, 0.29) is 23.5 Å². The van der Waals surface area contributed by atoms with Crippen molar-refractivity contribution >= 4 is 18.1 Å². The summed E-state index contributed by atoms with van der Waals surface area (Å²) in [6.07, 6.45) is 2.40. The monoisotopic (exact) mass is 298 g/mol. The predicted molar refractivity (Wildman–Crippen MR) is 78.4 cm³/mol. The standard InChI is InChI=1S/C13H22N4O4/c1-9(19)6-4-5-7-16(2)12(20)10-11(17(3)8-18)15-13(21)14-10/h8-9,19H,4-7H2,1-3H3,(H2,14,15,21). The van der Waals surface area contributed by atoms with Gasteiger partial charge in [0.15, 0.2) is 0 Å². The molecule has 8 heteroatoms. The largest absolute Gasteiger partial charge is 0.393 e. The number of aliphatic hydroxyl groups is 1. The average molecular weight is 298 g/mol. The molecule has 0 spiro atoms. The van der Waals surface area contributed by atoms with E-state index >= 15 is 0 Å². The number of nitrogens with zero attached hydrogens (tertiary/aromatic N) is 2. The highest BCUT2D eigenvalue weighted by molar-refractivity contribution is 5.98. The molecule has 118 valence electrons. The number of hydrogen-bond acceptors (Lipinski definition) is 4. The van der Waals surface area contributed by atoms with Crippen LogP contribution in [0.25, 0.3) is 0 Å². The van der Waals surface area contributed by atoms with Gasteiger partial charge in [-0.25, -0.2) is 4.79 Å². The Morgan fingerprint density at radius 1 is 1.33 bits per heavy atom. The topological polar surface area (TPSA) is 110 Å². The Balaban J connectivity index is 2.70. The highest BCUT2D eigenvalue weighted by Gasteiger charge is 2.21. The van der Waals surface area contributed by atoms with Crippen LogP contribution in [0.2, 0.25) is 0 Å². The molecule has 2 amide bonds. The van der Waals surface area contributed by atoms with Crippen LogP contribution in [0.5, 0.6) is 0 Å². The SMILES string of the molecule is CC(O)CCCCN(C)C(=O)c1[nH]c(=O)[nH]c1N(C)C=O. The molecule has 0 bridgehead atoms. The number of aromatic nitrogens is 2. The summed E-state index contributed by atoms with van der Waals surface area (Å²) >= 11 is 0. The number of anilines is 1. The summed E-state index contributed by atoms with van der Waals surface area (Å²) in [6, 6.07) is 0. The second-order valence-corrected chi connectivity index (χ2v) is 5.09. The van der Waals surface area contributed by atoms with Gasteiger partial charge in [-0.3, -0.25) is 19.6 Å². The van der Waals surface area contributed by atoms with Crippen molar-refractivity contribution in [3.63, 3.8) is 0 Å². The Morgan fingerprint density at radius 3 is 2.57 bits per heavy atom. The van der Waals surface area contributed by atoms with Crippen LogP contribution in [0, 0.1) is 0 Å². The van der Waals surface area contributed by atoms with E-state index in [1.165, 1.54) is 11.9 Å². The van der Waals surface area contributed by atoms with Crippen molar-refractivity contribution in [2.75, 3.05) is 25.5 Å². The number of aliphatic hydroxyl groups excluding tert-OH is 1. The van der Waals surface area contributed by atoms with Crippen LogP contribution in [-0.2, 0) is 4.79 Å². The molecule has 0 radical (unpaired) electrons. The second kappa shape index (κ2) is 7.63. The zero-order chi connectivity index (χ0) is 16.0. The van der Waals surface area contributed by atoms with Crippen LogP contribution in [0.4, 0.5) is 5.82 Å². The molecule has 1 atom stereocenters. The van der Waals surface area contributed by atoms with Gasteiger partial charge < -0.3 is 14.9 Å². The maximum Gasteiger partial charge on any atom is 0.325 e. The van der Waals surface area contributed by atoms with E-state index in [2.05, 4.69) is 9.97 Å². The van der Waals surface area contributed by atoms with Crippen LogP contribution >= 0.6 is 0 Å². The summed E-state index contributed by atoms with van der Waals surface area (Å²) in [6.45, 7) is 2.23. The smallest absolute Gasteiger partial charge is 0.325 e. The normalized spacial score (nSPS) is 12.0. The fourth-order valence-electron chi connectivity index (χ4n) is 1.93. The molecule has 0 aliphatic carbocycles. The number of aromatic amines is 2. The first kappa shape index (κ1) is 17.0. The Kier molecular flexibility index (Phi) is 6.16. The van der Waals surface area contributed by atoms with Gasteiger partial charge in [0.25, 0.3) is 5.91 Å². The fraction of sp³-hybridized carbons (Fsp3) is 0.615. The lowest BCUT2D eigenvalue weighted by atomic mass is 10.1. The number of carbonyl (C=O) groups excluding carboxylic acids is 2. The summed E-state index contributed by atoms with van der Waals surface area (Å²) < 4.78 is 0. The maximum absolute atomic E-state index is 12.3. The number of nitrogens with one attached hydrogen (secondary N) is 2. The minimum absolute atomic E-state index is 0.0626. The van der Waals surface area contributed by atoms with Gasteiger partial charge >= 0.3 is 5.69 Å². The molecule has 21 heavy (non-hydrogen) atoms. The third kappa shape index (κ3) is 4.75. The van der Waals surface area contributed by atoms with E-state index in [0.717, 1.165) is 17.7 Å². The first-order valence-electron chi connectivity index (χ1n) is 6.80. The van der Waals surface area contributed by atoms with Gasteiger partial charge in [0, 0.05) is 20.6 Å². The van der Waals surface area contributed by atoms with Crippen molar-refractivity contribution in [2.45, 2.75) is 32.3 Å². The Morgan fingerprint density at radius 2 is 2.00 bits per heavy atom. The van der Waals surface area contributed by atoms with Gasteiger partial charge in [-0.15, -0.1) is 0 Å². The van der Waals surface area contributed by atoms with E-state index in [1.54, 1.807) is 14.0 Å². The molecular weight excluding hydrogens is 276 g/mol. The average Bonchev–Trinajstić information content (AvgIpc) is 2.83. The number of amides is 2. The molecule has 1 aromatic heterocycles. The van der Waals surface area contributed by atoms with Crippen molar-refractivity contribution in [1.29, 1.82) is 0 Å². The Bertz CT molecular complexity index is 535. The van der Waals surface area contributed by atoms with E-state index < -0.39 is 5.69 Å². The van der Waals surface area contributed by atoms with E-state index in [4.69, 9.17) is 5.11 Å². The molecule has 0 saturated heterocycles. The highest BCUT2D eigenvalue weighted by Crippen LogP contribution is 2.13. The summed E-state index contributed by atoms with van der Waals surface area (Å²) in [7, 11) is 3.08. The van der Waals surface area contributed by atoms with Crippen LogP contribution in [0.15, 0.2) is 4.79 Å². The molecule has 3 N–H and O–H groups in total. The quantitative estimate of drug-likeness (QED) is 0.460. The molecule has 0 aliphatic heterocycles. The third-order valence-electron chi connectivity index (χ3n) is 3.14. The zero-order valence-corrected chi connectivity index (χ0v) is 12.5. The number of carbonyl (C=O) groups is 2. The molecule has 0 aromatic carbocycles. The first-order chi connectivity index (χ1) is 9.86. The van der Waals surface area contributed by atoms with Gasteiger partial charge in [-0.1, -0.05) is 0 Å². The zero-order valence-electron chi connectivity index (χ0n) is 12.5. The summed E-state index contributed by atoms with van der Waals surface area (Å²) in [5.41, 5.74) is -0.475. The third-order valence-corrected chi connectivity index (χ3v) is 3.14. The van der Waals surface area contributed by atoms with Gasteiger partial charge in [0.2, 0.25) is 6.41 Å². The molecule has 1 aromatic rings. The van der Waals surface area contributed by atoms with Crippen molar-refractivity contribution < 1.29 is 14.7 Å². The lowest BCUT2D eigenvalue weighted by molar-refractivity contribution is -0.107. The lowest BCUT2D eigenvalue weighted by Gasteiger charge is -2.18. The van der Waals surface area contributed by atoms with Crippen molar-refractivity contribution in [1.82, 2.24) is 14.9 Å². The van der Waals surface area contributed by atoms with Gasteiger partial charge in [0.1, 0.15) is 11.5 Å².